The van der Waals surface area contributed by atoms with Crippen LogP contribution >= 0.6 is 0 Å². The molecule has 0 fully saturated rings. The maximum atomic E-state index is 10.1. The van der Waals surface area contributed by atoms with E-state index in [9.17, 15) is 5.26 Å². The van der Waals surface area contributed by atoms with Crippen LogP contribution in [0.15, 0.2) is 76.9 Å². The Bertz CT molecular complexity index is 1220. The van der Waals surface area contributed by atoms with E-state index < -0.39 is 0 Å². The van der Waals surface area contributed by atoms with E-state index in [2.05, 4.69) is 32.9 Å². The predicted octanol–water partition coefficient (Wildman–Crippen LogP) is 6.31. The average Bonchev–Trinajstić information content (AvgIpc) is 2.83. The zero-order valence-electron chi connectivity index (χ0n) is 20.5. The fraction of sp³-hybridized carbons (Fsp3) is 0.345. The van der Waals surface area contributed by atoms with Gasteiger partial charge < -0.3 is 19.9 Å². The van der Waals surface area contributed by atoms with Gasteiger partial charge in [-0.2, -0.15) is 5.26 Å². The standard InChI is InChI=1S/C29H32N2O3/c1-29(2,3)20-15-19(14-18-10-6-8-12-24(18)32-4)27-22(16-20)26(23(17-30)28(31)34-27)21-11-7-9-13-25(21)33-5/h6-14,20,26H,15-16,31H2,1-5H3/b19-14+. The highest BCUT2D eigenvalue weighted by molar-refractivity contribution is 5.66. The quantitative estimate of drug-likeness (QED) is 0.584. The molecule has 4 rings (SSSR count). The molecule has 1 aliphatic heterocycles. The van der Waals surface area contributed by atoms with Crippen molar-refractivity contribution in [3.63, 3.8) is 0 Å². The van der Waals surface area contributed by atoms with Crippen LogP contribution in [0.1, 0.15) is 50.7 Å². The smallest absolute Gasteiger partial charge is 0.205 e. The first-order chi connectivity index (χ1) is 16.3. The van der Waals surface area contributed by atoms with Crippen LogP contribution in [-0.4, -0.2) is 14.2 Å². The SMILES string of the molecule is COc1ccccc1/C=C1\CC(C(C)(C)C)CC2=C1OC(N)=C(C#N)C2c1ccccc1OC. The fourth-order valence-electron chi connectivity index (χ4n) is 4.93. The van der Waals surface area contributed by atoms with Crippen LogP contribution in [0.5, 0.6) is 11.5 Å². The van der Waals surface area contributed by atoms with Crippen molar-refractivity contribution in [3.05, 3.63) is 88.0 Å². The van der Waals surface area contributed by atoms with Crippen LogP contribution in [0.2, 0.25) is 0 Å². The van der Waals surface area contributed by atoms with E-state index in [0.29, 0.717) is 11.5 Å². The molecule has 0 aromatic heterocycles. The number of benzene rings is 2. The number of hydrogen-bond donors (Lipinski definition) is 1. The number of para-hydroxylation sites is 2. The molecule has 0 amide bonds. The minimum atomic E-state index is -0.323. The molecular weight excluding hydrogens is 424 g/mol. The van der Waals surface area contributed by atoms with Crippen molar-refractivity contribution in [2.45, 2.75) is 39.5 Å². The van der Waals surface area contributed by atoms with Crippen molar-refractivity contribution in [2.75, 3.05) is 14.2 Å². The third-order valence-electron chi connectivity index (χ3n) is 6.89. The first-order valence-corrected chi connectivity index (χ1v) is 11.6. The average molecular weight is 457 g/mol. The Hall–Kier alpha value is -3.65. The number of nitrogens with two attached hydrogens (primary N) is 1. The van der Waals surface area contributed by atoms with Crippen molar-refractivity contribution >= 4 is 6.08 Å². The first kappa shape index (κ1) is 23.5. The molecule has 176 valence electrons. The Morgan fingerprint density at radius 3 is 2.29 bits per heavy atom. The molecule has 5 nitrogen and oxygen atoms in total. The number of allylic oxidation sites excluding steroid dienone is 3. The van der Waals surface area contributed by atoms with E-state index >= 15 is 0 Å². The van der Waals surface area contributed by atoms with E-state index in [1.165, 1.54) is 0 Å². The van der Waals surface area contributed by atoms with Crippen molar-refractivity contribution in [2.24, 2.45) is 17.1 Å². The van der Waals surface area contributed by atoms with Gasteiger partial charge in [-0.05, 0) is 53.5 Å². The molecule has 2 aliphatic rings. The minimum Gasteiger partial charge on any atom is -0.496 e. The Morgan fingerprint density at radius 1 is 1.00 bits per heavy atom. The normalized spacial score (nSPS) is 21.6. The van der Waals surface area contributed by atoms with Gasteiger partial charge in [0.2, 0.25) is 5.88 Å². The molecule has 0 radical (unpaired) electrons. The van der Waals surface area contributed by atoms with Crippen molar-refractivity contribution in [1.82, 2.24) is 0 Å². The molecule has 2 aromatic carbocycles. The summed E-state index contributed by atoms with van der Waals surface area (Å²) in [5.74, 6) is 2.47. The van der Waals surface area contributed by atoms with Crippen LogP contribution in [-0.2, 0) is 4.74 Å². The van der Waals surface area contributed by atoms with Gasteiger partial charge in [0.1, 0.15) is 28.9 Å². The van der Waals surface area contributed by atoms with Crippen LogP contribution in [0.3, 0.4) is 0 Å². The van der Waals surface area contributed by atoms with Gasteiger partial charge in [0.15, 0.2) is 0 Å². The minimum absolute atomic E-state index is 0.0588. The molecule has 1 heterocycles. The van der Waals surface area contributed by atoms with Gasteiger partial charge in [-0.1, -0.05) is 57.2 Å². The third kappa shape index (κ3) is 4.28. The summed E-state index contributed by atoms with van der Waals surface area (Å²) in [6, 6.07) is 18.1. The van der Waals surface area contributed by atoms with Gasteiger partial charge >= 0.3 is 0 Å². The zero-order valence-corrected chi connectivity index (χ0v) is 20.5. The van der Waals surface area contributed by atoms with Crippen LogP contribution in [0.25, 0.3) is 6.08 Å². The highest BCUT2D eigenvalue weighted by Gasteiger charge is 2.42. The zero-order chi connectivity index (χ0) is 24.5. The maximum Gasteiger partial charge on any atom is 0.205 e. The Balaban J connectivity index is 1.96. The number of methoxy groups -OCH3 is 2. The van der Waals surface area contributed by atoms with Crippen molar-refractivity contribution in [1.29, 1.82) is 5.26 Å². The molecular formula is C29H32N2O3. The van der Waals surface area contributed by atoms with E-state index in [0.717, 1.165) is 52.4 Å². The summed E-state index contributed by atoms with van der Waals surface area (Å²) in [7, 11) is 3.33. The first-order valence-electron chi connectivity index (χ1n) is 11.6. The number of hydrogen-bond acceptors (Lipinski definition) is 5. The van der Waals surface area contributed by atoms with Crippen molar-refractivity contribution < 1.29 is 14.2 Å². The fourth-order valence-corrected chi connectivity index (χ4v) is 4.93. The maximum absolute atomic E-state index is 10.1. The van der Waals surface area contributed by atoms with E-state index in [4.69, 9.17) is 19.9 Å². The molecule has 2 unspecified atom stereocenters. The van der Waals surface area contributed by atoms with Crippen LogP contribution < -0.4 is 15.2 Å². The van der Waals surface area contributed by atoms with Gasteiger partial charge in [-0.15, -0.1) is 0 Å². The Labute approximate surface area is 202 Å². The molecule has 0 saturated heterocycles. The lowest BCUT2D eigenvalue weighted by Crippen LogP contribution is -2.31. The number of rotatable bonds is 4. The lowest BCUT2D eigenvalue weighted by atomic mass is 9.66. The van der Waals surface area contributed by atoms with Gasteiger partial charge in [0.05, 0.1) is 20.1 Å². The van der Waals surface area contributed by atoms with Gasteiger partial charge in [0.25, 0.3) is 0 Å². The summed E-state index contributed by atoms with van der Waals surface area (Å²) in [5, 5.41) is 10.1. The largest absolute Gasteiger partial charge is 0.496 e. The van der Waals surface area contributed by atoms with E-state index in [-0.39, 0.29) is 17.2 Å². The third-order valence-corrected chi connectivity index (χ3v) is 6.89. The highest BCUT2D eigenvalue weighted by atomic mass is 16.5. The van der Waals surface area contributed by atoms with Crippen molar-refractivity contribution in [3.8, 4) is 17.6 Å². The Kier molecular flexibility index (Phi) is 6.43. The molecule has 2 N–H and O–H groups in total. The second-order valence-electron chi connectivity index (χ2n) is 9.90. The monoisotopic (exact) mass is 456 g/mol. The van der Waals surface area contributed by atoms with Crippen LogP contribution in [0.4, 0.5) is 0 Å². The molecule has 34 heavy (non-hydrogen) atoms. The number of nitrogens with zero attached hydrogens (tertiary/aromatic N) is 1. The summed E-state index contributed by atoms with van der Waals surface area (Å²) in [5.41, 5.74) is 10.9. The molecule has 0 saturated carbocycles. The topological polar surface area (TPSA) is 77.5 Å². The highest BCUT2D eigenvalue weighted by Crippen LogP contribution is 2.53. The number of nitriles is 1. The summed E-state index contributed by atoms with van der Waals surface area (Å²) in [6.07, 6.45) is 3.79. The number of ether oxygens (including phenoxy) is 3. The molecule has 2 aromatic rings. The summed E-state index contributed by atoms with van der Waals surface area (Å²) in [6.45, 7) is 6.80. The lowest BCUT2D eigenvalue weighted by Gasteiger charge is -2.41. The molecule has 0 bridgehead atoms. The summed E-state index contributed by atoms with van der Waals surface area (Å²) in [4.78, 5) is 0. The van der Waals surface area contributed by atoms with E-state index in [1.807, 2.05) is 48.5 Å². The lowest BCUT2D eigenvalue weighted by molar-refractivity contribution is 0.200. The van der Waals surface area contributed by atoms with E-state index in [1.54, 1.807) is 14.2 Å². The molecule has 0 spiro atoms. The molecule has 1 aliphatic carbocycles. The van der Waals surface area contributed by atoms with Gasteiger partial charge in [-0.3, -0.25) is 0 Å². The summed E-state index contributed by atoms with van der Waals surface area (Å²) >= 11 is 0. The second-order valence-corrected chi connectivity index (χ2v) is 9.90. The predicted molar refractivity (Wildman–Crippen MR) is 134 cm³/mol. The van der Waals surface area contributed by atoms with Crippen LogP contribution in [0, 0.1) is 22.7 Å². The molecule has 2 atom stereocenters. The van der Waals surface area contributed by atoms with Gasteiger partial charge in [0, 0.05) is 11.1 Å². The summed E-state index contributed by atoms with van der Waals surface area (Å²) < 4.78 is 17.5. The second kappa shape index (κ2) is 9.30. The van der Waals surface area contributed by atoms with Gasteiger partial charge in [-0.25, -0.2) is 0 Å². The molecule has 5 heteroatoms. The Morgan fingerprint density at radius 2 is 1.65 bits per heavy atom.